The Hall–Kier alpha value is -2.05. The Morgan fingerprint density at radius 3 is 2.50 bits per heavy atom. The maximum absolute atomic E-state index is 13.6. The van der Waals surface area contributed by atoms with E-state index in [1.165, 1.54) is 6.92 Å². The minimum absolute atomic E-state index is 0.297. The fourth-order valence-corrected chi connectivity index (χ4v) is 1.27. The summed E-state index contributed by atoms with van der Waals surface area (Å²) in [6.45, 7) is 1.02. The summed E-state index contributed by atoms with van der Waals surface area (Å²) >= 11 is 0. The Labute approximate surface area is 100.0 Å². The van der Waals surface area contributed by atoms with Crippen LogP contribution < -0.4 is 0 Å². The number of aromatic carboxylic acids is 1. The highest BCUT2D eigenvalue weighted by Gasteiger charge is 2.45. The summed E-state index contributed by atoms with van der Waals surface area (Å²) in [5.41, 5.74) is -2.25. The van der Waals surface area contributed by atoms with E-state index in [9.17, 15) is 22.8 Å². The molecule has 0 amide bonds. The van der Waals surface area contributed by atoms with Gasteiger partial charge in [0.15, 0.2) is 0 Å². The van der Waals surface area contributed by atoms with Crippen LogP contribution in [0.2, 0.25) is 0 Å². The van der Waals surface area contributed by atoms with E-state index >= 15 is 0 Å². The van der Waals surface area contributed by atoms with Crippen LogP contribution in [-0.2, 0) is 15.5 Å². The Bertz CT molecular complexity index is 485. The second kappa shape index (κ2) is 5.07. The summed E-state index contributed by atoms with van der Waals surface area (Å²) in [5.74, 6) is -9.51. The van der Waals surface area contributed by atoms with Crippen LogP contribution in [-0.4, -0.2) is 23.7 Å². The number of hydrogen-bond donors (Lipinski definition) is 1. The molecule has 0 fully saturated rings. The van der Waals surface area contributed by atoms with Gasteiger partial charge in [0, 0.05) is 0 Å². The number of ether oxygens (including phenoxy) is 1. The average Bonchev–Trinajstić information content (AvgIpc) is 2.28. The summed E-state index contributed by atoms with van der Waals surface area (Å²) in [6, 6.07) is 2.39. The molecule has 0 bridgehead atoms. The molecule has 18 heavy (non-hydrogen) atoms. The van der Waals surface area contributed by atoms with Gasteiger partial charge in [-0.05, 0) is 19.1 Å². The van der Waals surface area contributed by atoms with E-state index in [1.54, 1.807) is 0 Å². The number of esters is 1. The smallest absolute Gasteiger partial charge is 0.382 e. The van der Waals surface area contributed by atoms with E-state index in [4.69, 9.17) is 5.11 Å². The lowest BCUT2D eigenvalue weighted by Crippen LogP contribution is -2.30. The molecule has 1 aromatic carbocycles. The summed E-state index contributed by atoms with van der Waals surface area (Å²) < 4.78 is 44.7. The van der Waals surface area contributed by atoms with Crippen LogP contribution >= 0.6 is 0 Å². The second-order valence-corrected chi connectivity index (χ2v) is 3.27. The fraction of sp³-hybridized carbons (Fsp3) is 0.273. The number of benzene rings is 1. The van der Waals surface area contributed by atoms with Gasteiger partial charge in [-0.15, -0.1) is 0 Å². The van der Waals surface area contributed by atoms with Gasteiger partial charge in [0.25, 0.3) is 0 Å². The maximum Gasteiger partial charge on any atom is 0.382 e. The lowest BCUT2D eigenvalue weighted by Gasteiger charge is -2.16. The topological polar surface area (TPSA) is 63.6 Å². The highest BCUT2D eigenvalue weighted by Crippen LogP contribution is 2.32. The zero-order valence-electron chi connectivity index (χ0n) is 9.25. The molecule has 0 unspecified atom stereocenters. The molecule has 1 aromatic rings. The Balaban J connectivity index is 3.29. The Kier molecular flexibility index (Phi) is 3.95. The molecular formula is C11H9F3O4. The number of hydrogen-bond acceptors (Lipinski definition) is 3. The summed E-state index contributed by atoms with van der Waals surface area (Å²) in [7, 11) is 0. The predicted molar refractivity (Wildman–Crippen MR) is 53.9 cm³/mol. The average molecular weight is 262 g/mol. The first-order valence-corrected chi connectivity index (χ1v) is 4.89. The molecule has 0 heterocycles. The van der Waals surface area contributed by atoms with Gasteiger partial charge >= 0.3 is 17.9 Å². The number of alkyl halides is 2. The lowest BCUT2D eigenvalue weighted by molar-refractivity contribution is -0.173. The van der Waals surface area contributed by atoms with Gasteiger partial charge < -0.3 is 9.84 Å². The largest absolute Gasteiger partial charge is 0.478 e. The van der Waals surface area contributed by atoms with E-state index in [1.807, 2.05) is 0 Å². The molecule has 0 saturated heterocycles. The number of carboxylic acid groups (broad SMARTS) is 1. The van der Waals surface area contributed by atoms with Gasteiger partial charge in [0.1, 0.15) is 5.82 Å². The van der Waals surface area contributed by atoms with E-state index in [0.29, 0.717) is 6.07 Å². The third-order valence-corrected chi connectivity index (χ3v) is 2.10. The number of carbonyl (C=O) groups is 2. The van der Waals surface area contributed by atoms with Crippen LogP contribution in [0.3, 0.4) is 0 Å². The van der Waals surface area contributed by atoms with Gasteiger partial charge in [0.2, 0.25) is 0 Å². The van der Waals surface area contributed by atoms with Crippen molar-refractivity contribution in [1.82, 2.24) is 0 Å². The molecule has 0 aliphatic heterocycles. The molecule has 0 aromatic heterocycles. The lowest BCUT2D eigenvalue weighted by atomic mass is 10.0. The quantitative estimate of drug-likeness (QED) is 0.845. The van der Waals surface area contributed by atoms with Gasteiger partial charge in [-0.1, -0.05) is 6.07 Å². The maximum atomic E-state index is 13.6. The third-order valence-electron chi connectivity index (χ3n) is 2.10. The first-order valence-electron chi connectivity index (χ1n) is 4.89. The number of carbonyl (C=O) groups excluding carboxylic acids is 1. The number of halogens is 3. The fourth-order valence-electron chi connectivity index (χ4n) is 1.27. The highest BCUT2D eigenvalue weighted by molar-refractivity contribution is 5.89. The number of carboxylic acids is 1. The zero-order valence-corrected chi connectivity index (χ0v) is 9.25. The molecule has 4 nitrogen and oxygen atoms in total. The summed E-state index contributed by atoms with van der Waals surface area (Å²) in [4.78, 5) is 21.6. The van der Waals surface area contributed by atoms with Crippen LogP contribution in [0, 0.1) is 5.82 Å². The SMILES string of the molecule is CCOC(=O)C(F)(F)c1cccc(C(=O)O)c1F. The van der Waals surface area contributed by atoms with Crippen molar-refractivity contribution in [2.75, 3.05) is 6.61 Å². The van der Waals surface area contributed by atoms with Gasteiger partial charge in [-0.3, -0.25) is 0 Å². The molecule has 0 atom stereocenters. The zero-order chi connectivity index (χ0) is 13.9. The first kappa shape index (κ1) is 14.0. The standard InChI is InChI=1S/C11H9F3O4/c1-2-18-10(17)11(13,14)7-5-3-4-6(8(7)12)9(15)16/h3-5H,2H2,1H3,(H,15,16). The molecule has 0 aliphatic rings. The molecule has 7 heteroatoms. The Morgan fingerprint density at radius 1 is 1.39 bits per heavy atom. The van der Waals surface area contributed by atoms with Crippen molar-refractivity contribution in [1.29, 1.82) is 0 Å². The van der Waals surface area contributed by atoms with E-state index in [2.05, 4.69) is 4.74 Å². The molecule has 0 radical (unpaired) electrons. The molecular weight excluding hydrogens is 253 g/mol. The predicted octanol–water partition coefficient (Wildman–Crippen LogP) is 2.18. The van der Waals surface area contributed by atoms with Crippen molar-refractivity contribution >= 4 is 11.9 Å². The minimum atomic E-state index is -4.23. The van der Waals surface area contributed by atoms with Crippen LogP contribution in [0.5, 0.6) is 0 Å². The van der Waals surface area contributed by atoms with Gasteiger partial charge in [-0.25, -0.2) is 14.0 Å². The normalized spacial score (nSPS) is 11.1. The summed E-state index contributed by atoms with van der Waals surface area (Å²) in [6.07, 6.45) is 0. The van der Waals surface area contributed by atoms with Crippen molar-refractivity contribution in [2.24, 2.45) is 0 Å². The van der Waals surface area contributed by atoms with Gasteiger partial charge in [0.05, 0.1) is 17.7 Å². The second-order valence-electron chi connectivity index (χ2n) is 3.27. The Morgan fingerprint density at radius 2 is 2.00 bits per heavy atom. The molecule has 1 rings (SSSR count). The first-order chi connectivity index (χ1) is 8.32. The van der Waals surface area contributed by atoms with Crippen molar-refractivity contribution in [3.63, 3.8) is 0 Å². The monoisotopic (exact) mass is 262 g/mol. The molecule has 0 aliphatic carbocycles. The van der Waals surface area contributed by atoms with E-state index < -0.39 is 34.8 Å². The molecule has 98 valence electrons. The van der Waals surface area contributed by atoms with Gasteiger partial charge in [-0.2, -0.15) is 8.78 Å². The molecule has 0 saturated carbocycles. The van der Waals surface area contributed by atoms with Crippen LogP contribution in [0.25, 0.3) is 0 Å². The molecule has 0 spiro atoms. The van der Waals surface area contributed by atoms with Crippen molar-refractivity contribution in [2.45, 2.75) is 12.8 Å². The van der Waals surface area contributed by atoms with Crippen LogP contribution in [0.4, 0.5) is 13.2 Å². The third kappa shape index (κ3) is 2.44. The van der Waals surface area contributed by atoms with Crippen molar-refractivity contribution in [3.05, 3.63) is 35.1 Å². The van der Waals surface area contributed by atoms with E-state index in [-0.39, 0.29) is 6.61 Å². The minimum Gasteiger partial charge on any atom is -0.478 e. The van der Waals surface area contributed by atoms with Crippen LogP contribution in [0.15, 0.2) is 18.2 Å². The highest BCUT2D eigenvalue weighted by atomic mass is 19.3. The summed E-state index contributed by atoms with van der Waals surface area (Å²) in [5, 5.41) is 8.60. The van der Waals surface area contributed by atoms with Crippen molar-refractivity contribution < 1.29 is 32.6 Å². The number of rotatable bonds is 4. The van der Waals surface area contributed by atoms with Crippen molar-refractivity contribution in [3.8, 4) is 0 Å². The van der Waals surface area contributed by atoms with Crippen LogP contribution in [0.1, 0.15) is 22.8 Å². The molecule has 1 N–H and O–H groups in total. The van der Waals surface area contributed by atoms with E-state index in [0.717, 1.165) is 12.1 Å².